The van der Waals surface area contributed by atoms with E-state index < -0.39 is 5.91 Å². The summed E-state index contributed by atoms with van der Waals surface area (Å²) >= 11 is 0. The summed E-state index contributed by atoms with van der Waals surface area (Å²) in [6.07, 6.45) is 1.45. The Morgan fingerprint density at radius 3 is 2.78 bits per heavy atom. The minimum atomic E-state index is -0.723. The Bertz CT molecular complexity index is 674. The van der Waals surface area contributed by atoms with Crippen molar-refractivity contribution in [2.45, 2.75) is 6.92 Å². The molecule has 0 aliphatic carbocycles. The number of nitrogens with two attached hydrogens (primary N) is 1. The second kappa shape index (κ2) is 4.52. The summed E-state index contributed by atoms with van der Waals surface area (Å²) in [4.78, 5) is 23.3. The van der Waals surface area contributed by atoms with Gasteiger partial charge in [0.1, 0.15) is 11.3 Å². The van der Waals surface area contributed by atoms with E-state index in [-0.39, 0.29) is 11.0 Å². The summed E-state index contributed by atoms with van der Waals surface area (Å²) in [6, 6.07) is 5.20. The third-order valence-corrected chi connectivity index (χ3v) is 2.74. The van der Waals surface area contributed by atoms with Crippen molar-refractivity contribution in [1.82, 2.24) is 4.57 Å². The van der Waals surface area contributed by atoms with Gasteiger partial charge in [0.05, 0.1) is 17.5 Å². The van der Waals surface area contributed by atoms with Gasteiger partial charge < -0.3 is 15.0 Å². The largest absolute Gasteiger partial charge is 0.494 e. The molecule has 5 heteroatoms. The average Bonchev–Trinajstić information content (AvgIpc) is 2.34. The van der Waals surface area contributed by atoms with Gasteiger partial charge in [-0.1, -0.05) is 0 Å². The lowest BCUT2D eigenvalue weighted by Gasteiger charge is -2.09. The van der Waals surface area contributed by atoms with Crippen LogP contribution in [0.2, 0.25) is 0 Å². The minimum absolute atomic E-state index is 0.0151. The van der Waals surface area contributed by atoms with Gasteiger partial charge in [-0.15, -0.1) is 0 Å². The highest BCUT2D eigenvalue weighted by molar-refractivity contribution is 5.96. The Kier molecular flexibility index (Phi) is 3.06. The van der Waals surface area contributed by atoms with E-state index in [1.807, 2.05) is 6.92 Å². The number of hydrogen-bond acceptors (Lipinski definition) is 3. The molecule has 1 heterocycles. The molecule has 0 bridgehead atoms. The summed E-state index contributed by atoms with van der Waals surface area (Å²) in [5.74, 6) is -0.122. The fourth-order valence-electron chi connectivity index (χ4n) is 1.90. The maximum Gasteiger partial charge on any atom is 0.254 e. The maximum absolute atomic E-state index is 12.1. The first kappa shape index (κ1) is 12.2. The van der Waals surface area contributed by atoms with Crippen LogP contribution in [0.15, 0.2) is 29.2 Å². The van der Waals surface area contributed by atoms with E-state index in [1.165, 1.54) is 6.20 Å². The van der Waals surface area contributed by atoms with Crippen LogP contribution in [0.5, 0.6) is 5.75 Å². The van der Waals surface area contributed by atoms with Crippen LogP contribution < -0.4 is 15.9 Å². The van der Waals surface area contributed by atoms with Crippen molar-refractivity contribution in [3.8, 4) is 5.75 Å². The highest BCUT2D eigenvalue weighted by atomic mass is 16.5. The molecule has 0 unspecified atom stereocenters. The highest BCUT2D eigenvalue weighted by Crippen LogP contribution is 2.18. The molecule has 0 radical (unpaired) electrons. The average molecular weight is 246 g/mol. The van der Waals surface area contributed by atoms with Crippen LogP contribution in [-0.2, 0) is 7.05 Å². The van der Waals surface area contributed by atoms with Crippen LogP contribution >= 0.6 is 0 Å². The fourth-order valence-corrected chi connectivity index (χ4v) is 1.90. The lowest BCUT2D eigenvalue weighted by Crippen LogP contribution is -2.23. The molecule has 5 nitrogen and oxygen atoms in total. The van der Waals surface area contributed by atoms with E-state index in [1.54, 1.807) is 29.8 Å². The maximum atomic E-state index is 12.1. The smallest absolute Gasteiger partial charge is 0.254 e. The topological polar surface area (TPSA) is 74.3 Å². The molecule has 1 aromatic heterocycles. The molecule has 0 fully saturated rings. The first-order valence-corrected chi connectivity index (χ1v) is 5.60. The number of primary amides is 1. The van der Waals surface area contributed by atoms with Gasteiger partial charge in [0.15, 0.2) is 0 Å². The predicted octanol–water partition coefficient (Wildman–Crippen LogP) is 1.04. The third kappa shape index (κ3) is 1.95. The number of hydrogen-bond donors (Lipinski definition) is 1. The summed E-state index contributed by atoms with van der Waals surface area (Å²) in [5.41, 5.74) is 5.54. The molecule has 94 valence electrons. The van der Waals surface area contributed by atoms with E-state index in [2.05, 4.69) is 0 Å². The van der Waals surface area contributed by atoms with Gasteiger partial charge in [-0.25, -0.2) is 0 Å². The molecule has 0 aliphatic heterocycles. The second-order valence-electron chi connectivity index (χ2n) is 3.96. The van der Waals surface area contributed by atoms with Gasteiger partial charge in [0, 0.05) is 13.2 Å². The molecular weight excluding hydrogens is 232 g/mol. The number of pyridine rings is 1. The van der Waals surface area contributed by atoms with E-state index in [9.17, 15) is 9.59 Å². The number of ether oxygens (including phenoxy) is 1. The summed E-state index contributed by atoms with van der Waals surface area (Å²) < 4.78 is 7.05. The van der Waals surface area contributed by atoms with Gasteiger partial charge in [-0.05, 0) is 25.1 Å². The quantitative estimate of drug-likeness (QED) is 0.879. The zero-order valence-electron chi connectivity index (χ0n) is 10.3. The summed E-state index contributed by atoms with van der Waals surface area (Å²) in [6.45, 7) is 2.38. The summed E-state index contributed by atoms with van der Waals surface area (Å²) in [7, 11) is 1.76. The van der Waals surface area contributed by atoms with Gasteiger partial charge >= 0.3 is 0 Å². The number of benzene rings is 1. The Labute approximate surface area is 104 Å². The van der Waals surface area contributed by atoms with Gasteiger partial charge in [-0.3, -0.25) is 9.59 Å². The monoisotopic (exact) mass is 246 g/mol. The van der Waals surface area contributed by atoms with Crippen LogP contribution in [0.25, 0.3) is 10.9 Å². The molecule has 0 saturated heterocycles. The zero-order valence-corrected chi connectivity index (χ0v) is 10.3. The van der Waals surface area contributed by atoms with Crippen molar-refractivity contribution in [2.24, 2.45) is 12.8 Å². The van der Waals surface area contributed by atoms with Crippen molar-refractivity contribution >= 4 is 16.8 Å². The van der Waals surface area contributed by atoms with Gasteiger partial charge in [0.2, 0.25) is 5.43 Å². The number of aryl methyl sites for hydroxylation is 1. The van der Waals surface area contributed by atoms with Gasteiger partial charge in [-0.2, -0.15) is 0 Å². The fraction of sp³-hybridized carbons (Fsp3) is 0.231. The molecule has 2 rings (SSSR count). The molecule has 0 saturated carbocycles. The van der Waals surface area contributed by atoms with Crippen LogP contribution in [0.1, 0.15) is 17.3 Å². The number of carbonyl (C=O) groups is 1. The molecule has 2 N–H and O–H groups in total. The van der Waals surface area contributed by atoms with E-state index in [0.29, 0.717) is 17.7 Å². The Hall–Kier alpha value is -2.30. The number of aromatic nitrogens is 1. The van der Waals surface area contributed by atoms with E-state index in [4.69, 9.17) is 10.5 Å². The first-order valence-electron chi connectivity index (χ1n) is 5.60. The predicted molar refractivity (Wildman–Crippen MR) is 68.9 cm³/mol. The lowest BCUT2D eigenvalue weighted by molar-refractivity contribution is 0.0999. The SMILES string of the molecule is CCOc1ccc2c(c1)c(=O)c(C(N)=O)cn2C. The molecule has 1 amide bonds. The minimum Gasteiger partial charge on any atom is -0.494 e. The van der Waals surface area contributed by atoms with Crippen molar-refractivity contribution in [2.75, 3.05) is 6.61 Å². The molecule has 2 aromatic rings. The Morgan fingerprint density at radius 2 is 2.17 bits per heavy atom. The number of amides is 1. The molecule has 0 atom stereocenters. The van der Waals surface area contributed by atoms with Crippen molar-refractivity contribution in [3.05, 3.63) is 40.2 Å². The Balaban J connectivity index is 2.79. The van der Waals surface area contributed by atoms with Crippen molar-refractivity contribution in [1.29, 1.82) is 0 Å². The van der Waals surface area contributed by atoms with Gasteiger partial charge in [0.25, 0.3) is 5.91 Å². The Morgan fingerprint density at radius 1 is 1.44 bits per heavy atom. The van der Waals surface area contributed by atoms with Crippen molar-refractivity contribution in [3.63, 3.8) is 0 Å². The normalized spacial score (nSPS) is 10.6. The number of carbonyl (C=O) groups excluding carboxylic acids is 1. The zero-order chi connectivity index (χ0) is 13.3. The first-order chi connectivity index (χ1) is 8.54. The molecule has 18 heavy (non-hydrogen) atoms. The number of fused-ring (bicyclic) bond motifs is 1. The van der Waals surface area contributed by atoms with E-state index >= 15 is 0 Å². The molecular formula is C13H14N2O3. The van der Waals surface area contributed by atoms with Crippen LogP contribution in [0.3, 0.4) is 0 Å². The lowest BCUT2D eigenvalue weighted by atomic mass is 10.1. The van der Waals surface area contributed by atoms with Crippen LogP contribution in [0.4, 0.5) is 0 Å². The molecule has 0 spiro atoms. The molecule has 0 aliphatic rings. The van der Waals surface area contributed by atoms with Crippen LogP contribution in [-0.4, -0.2) is 17.1 Å². The molecule has 1 aromatic carbocycles. The number of rotatable bonds is 3. The third-order valence-electron chi connectivity index (χ3n) is 2.74. The van der Waals surface area contributed by atoms with Crippen molar-refractivity contribution < 1.29 is 9.53 Å². The summed E-state index contributed by atoms with van der Waals surface area (Å²) in [5, 5.41) is 0.430. The van der Waals surface area contributed by atoms with Crippen LogP contribution in [0, 0.1) is 0 Å². The highest BCUT2D eigenvalue weighted by Gasteiger charge is 2.12. The van der Waals surface area contributed by atoms with E-state index in [0.717, 1.165) is 5.52 Å². The second-order valence-corrected chi connectivity index (χ2v) is 3.96. The number of nitrogens with zero attached hydrogens (tertiary/aromatic N) is 1. The standard InChI is InChI=1S/C13H14N2O3/c1-3-18-8-4-5-11-9(6-8)12(16)10(13(14)17)7-15(11)2/h4-7H,3H2,1-2H3,(H2,14,17).